The summed E-state index contributed by atoms with van der Waals surface area (Å²) in [6, 6.07) is 5.36. The van der Waals surface area contributed by atoms with Crippen LogP contribution < -0.4 is 9.46 Å². The Hall–Kier alpha value is -2.25. The Labute approximate surface area is 239 Å². The van der Waals surface area contributed by atoms with Crippen LogP contribution in [-0.2, 0) is 20.9 Å². The minimum atomic E-state index is -4.62. The Bertz CT molecular complexity index is 1590. The zero-order chi connectivity index (χ0) is 28.7. The van der Waals surface area contributed by atoms with Gasteiger partial charge in [-0.3, -0.25) is 9.62 Å². The fourth-order valence-corrected chi connectivity index (χ4v) is 8.71. The number of nitrogens with one attached hydrogen (secondary N) is 1. The SMILES string of the molecule is CC1(O)CC(n2cnc3cc(OCCN4CCC5(CC4)c4cc(Cl)cc(Cl)c4NS5(=O)=O)cc(C(F)(F)F)c32)C1. The molecule has 216 valence electrons. The standard InChI is InChI=1S/C26H27Cl2F3N4O4S/c1-24(36)12-16(13-24)35-14-32-21-11-17(10-19(23(21)35)26(29,30)31)39-7-6-34-4-2-25(3-5-34)18-8-15(27)9-20(28)22(18)33-40(25,37)38/h8-11,14,16,33,36H,2-7,12-13H2,1H3. The number of sulfonamides is 1. The van der Waals surface area contributed by atoms with Crippen LogP contribution in [0, 0.1) is 0 Å². The van der Waals surface area contributed by atoms with Crippen molar-refractivity contribution >= 4 is 49.9 Å². The van der Waals surface area contributed by atoms with Gasteiger partial charge in [-0.1, -0.05) is 23.2 Å². The molecule has 6 rings (SSSR count). The third-order valence-corrected chi connectivity index (χ3v) is 11.0. The largest absolute Gasteiger partial charge is 0.492 e. The third-order valence-electron chi connectivity index (χ3n) is 8.33. The van der Waals surface area contributed by atoms with Crippen molar-refractivity contribution in [1.29, 1.82) is 0 Å². The summed E-state index contributed by atoms with van der Waals surface area (Å²) in [6.07, 6.45) is -1.91. The lowest BCUT2D eigenvalue weighted by molar-refractivity contribution is -0.136. The lowest BCUT2D eigenvalue weighted by Crippen LogP contribution is -2.47. The van der Waals surface area contributed by atoms with Gasteiger partial charge < -0.3 is 14.4 Å². The minimum absolute atomic E-state index is 0.0199. The molecule has 0 radical (unpaired) electrons. The molecule has 0 atom stereocenters. The number of aromatic nitrogens is 2. The number of nitrogens with zero attached hydrogens (tertiary/aromatic N) is 3. The Balaban J connectivity index is 1.14. The van der Waals surface area contributed by atoms with Gasteiger partial charge in [0.05, 0.1) is 39.2 Å². The normalized spacial score (nSPS) is 25.5. The van der Waals surface area contributed by atoms with E-state index in [2.05, 4.69) is 9.71 Å². The summed E-state index contributed by atoms with van der Waals surface area (Å²) < 4.78 is 77.0. The molecule has 8 nitrogen and oxygen atoms in total. The average molecular weight is 619 g/mol. The maximum Gasteiger partial charge on any atom is 0.418 e. The van der Waals surface area contributed by atoms with Crippen LogP contribution in [0.15, 0.2) is 30.6 Å². The molecule has 1 saturated heterocycles. The Kier molecular flexibility index (Phi) is 6.54. The van der Waals surface area contributed by atoms with Crippen molar-refractivity contribution in [3.05, 3.63) is 51.8 Å². The van der Waals surface area contributed by atoms with Gasteiger partial charge in [-0.05, 0) is 50.8 Å². The summed E-state index contributed by atoms with van der Waals surface area (Å²) in [4.78, 5) is 6.22. The number of rotatable bonds is 5. The first kappa shape index (κ1) is 27.9. The van der Waals surface area contributed by atoms with Gasteiger partial charge in [0.15, 0.2) is 0 Å². The number of anilines is 1. The molecule has 1 aliphatic carbocycles. The minimum Gasteiger partial charge on any atom is -0.492 e. The molecule has 1 spiro atoms. The highest BCUT2D eigenvalue weighted by atomic mass is 35.5. The smallest absolute Gasteiger partial charge is 0.418 e. The summed E-state index contributed by atoms with van der Waals surface area (Å²) in [5.74, 6) is 0.0555. The van der Waals surface area contributed by atoms with E-state index in [1.807, 2.05) is 4.90 Å². The molecule has 1 aromatic heterocycles. The van der Waals surface area contributed by atoms with E-state index in [1.165, 1.54) is 23.0 Å². The molecule has 1 saturated carbocycles. The van der Waals surface area contributed by atoms with Crippen LogP contribution in [0.2, 0.25) is 10.0 Å². The average Bonchev–Trinajstić information content (AvgIpc) is 3.35. The van der Waals surface area contributed by atoms with Crippen molar-refractivity contribution in [2.75, 3.05) is 31.0 Å². The molecular formula is C26H27Cl2F3N4O4S. The van der Waals surface area contributed by atoms with E-state index in [1.54, 1.807) is 13.0 Å². The van der Waals surface area contributed by atoms with E-state index < -0.39 is 32.1 Å². The number of benzene rings is 2. The molecule has 3 aromatic rings. The van der Waals surface area contributed by atoms with Crippen LogP contribution in [0.3, 0.4) is 0 Å². The van der Waals surface area contributed by atoms with Gasteiger partial charge >= 0.3 is 6.18 Å². The highest BCUT2D eigenvalue weighted by molar-refractivity contribution is 7.94. The van der Waals surface area contributed by atoms with Crippen LogP contribution in [0.5, 0.6) is 5.75 Å². The highest BCUT2D eigenvalue weighted by Gasteiger charge is 2.54. The molecule has 0 bridgehead atoms. The van der Waals surface area contributed by atoms with Crippen LogP contribution >= 0.6 is 23.2 Å². The number of aliphatic hydroxyl groups is 1. The lowest BCUT2D eigenvalue weighted by atomic mass is 9.77. The predicted molar refractivity (Wildman–Crippen MR) is 145 cm³/mol. The number of ether oxygens (including phenoxy) is 1. The van der Waals surface area contributed by atoms with E-state index in [9.17, 15) is 26.7 Å². The summed E-state index contributed by atoms with van der Waals surface area (Å²) in [6.45, 7) is 3.06. The van der Waals surface area contributed by atoms with Crippen LogP contribution in [0.25, 0.3) is 11.0 Å². The molecule has 3 heterocycles. The van der Waals surface area contributed by atoms with E-state index in [-0.39, 0.29) is 34.5 Å². The molecule has 14 heteroatoms. The quantitative estimate of drug-likeness (QED) is 0.388. The summed E-state index contributed by atoms with van der Waals surface area (Å²) in [5.41, 5.74) is -0.639. The fourth-order valence-electron chi connectivity index (χ4n) is 6.26. The topological polar surface area (TPSA) is 96.7 Å². The number of fused-ring (bicyclic) bond motifs is 3. The molecule has 2 aliphatic heterocycles. The second kappa shape index (κ2) is 9.38. The summed E-state index contributed by atoms with van der Waals surface area (Å²) >= 11 is 12.4. The Morgan fingerprint density at radius 2 is 1.88 bits per heavy atom. The van der Waals surface area contributed by atoms with Gasteiger partial charge in [-0.15, -0.1) is 0 Å². The van der Waals surface area contributed by atoms with Crippen LogP contribution in [0.4, 0.5) is 18.9 Å². The molecule has 2 aromatic carbocycles. The summed E-state index contributed by atoms with van der Waals surface area (Å²) in [7, 11) is -3.72. The molecule has 3 aliphatic rings. The molecule has 40 heavy (non-hydrogen) atoms. The Morgan fingerprint density at radius 1 is 1.18 bits per heavy atom. The second-order valence-corrected chi connectivity index (χ2v) is 14.0. The number of alkyl halides is 3. The third kappa shape index (κ3) is 4.61. The van der Waals surface area contributed by atoms with Gasteiger partial charge in [0, 0.05) is 42.3 Å². The van der Waals surface area contributed by atoms with Gasteiger partial charge in [0.2, 0.25) is 10.0 Å². The van der Waals surface area contributed by atoms with Crippen molar-refractivity contribution in [1.82, 2.24) is 14.5 Å². The van der Waals surface area contributed by atoms with Crippen molar-refractivity contribution < 1.29 is 31.4 Å². The summed E-state index contributed by atoms with van der Waals surface area (Å²) in [5, 5.41) is 10.7. The van der Waals surface area contributed by atoms with Crippen LogP contribution in [0.1, 0.15) is 49.8 Å². The van der Waals surface area contributed by atoms with Gasteiger partial charge in [-0.25, -0.2) is 13.4 Å². The zero-order valence-electron chi connectivity index (χ0n) is 21.4. The van der Waals surface area contributed by atoms with Gasteiger partial charge in [0.1, 0.15) is 17.1 Å². The number of likely N-dealkylation sites (tertiary alicyclic amines) is 1. The molecule has 2 fully saturated rings. The highest BCUT2D eigenvalue weighted by Crippen LogP contribution is 2.52. The van der Waals surface area contributed by atoms with E-state index >= 15 is 0 Å². The number of imidazole rings is 1. The van der Waals surface area contributed by atoms with Gasteiger partial charge in [-0.2, -0.15) is 13.2 Å². The van der Waals surface area contributed by atoms with E-state index in [0.717, 1.165) is 6.07 Å². The fraction of sp³-hybridized carbons (Fsp3) is 0.500. The number of halogens is 5. The first-order valence-electron chi connectivity index (χ1n) is 12.9. The lowest BCUT2D eigenvalue weighted by Gasteiger charge is -2.41. The zero-order valence-corrected chi connectivity index (χ0v) is 23.8. The predicted octanol–water partition coefficient (Wildman–Crippen LogP) is 5.57. The van der Waals surface area contributed by atoms with E-state index in [4.69, 9.17) is 27.9 Å². The molecule has 2 N–H and O–H groups in total. The van der Waals surface area contributed by atoms with Crippen molar-refractivity contribution in [2.24, 2.45) is 0 Å². The first-order valence-corrected chi connectivity index (χ1v) is 15.1. The molecule has 0 amide bonds. The van der Waals surface area contributed by atoms with E-state index in [0.29, 0.717) is 61.6 Å². The second-order valence-electron chi connectivity index (χ2n) is 11.1. The number of hydrogen-bond acceptors (Lipinski definition) is 6. The van der Waals surface area contributed by atoms with Crippen molar-refractivity contribution in [2.45, 2.75) is 55.2 Å². The van der Waals surface area contributed by atoms with Crippen LogP contribution in [-0.4, -0.2) is 59.8 Å². The molecule has 0 unspecified atom stereocenters. The number of hydrogen-bond donors (Lipinski definition) is 2. The van der Waals surface area contributed by atoms with Crippen molar-refractivity contribution in [3.63, 3.8) is 0 Å². The first-order chi connectivity index (χ1) is 18.7. The maximum absolute atomic E-state index is 14.0. The molecular weight excluding hydrogens is 592 g/mol. The van der Waals surface area contributed by atoms with Crippen molar-refractivity contribution in [3.8, 4) is 5.75 Å². The van der Waals surface area contributed by atoms with Gasteiger partial charge in [0.25, 0.3) is 0 Å². The maximum atomic E-state index is 14.0. The monoisotopic (exact) mass is 618 g/mol. The Morgan fingerprint density at radius 3 is 2.52 bits per heavy atom. The number of piperidine rings is 1.